The summed E-state index contributed by atoms with van der Waals surface area (Å²) in [6, 6.07) is 1.97. The summed E-state index contributed by atoms with van der Waals surface area (Å²) in [5.41, 5.74) is 4.51. The van der Waals surface area contributed by atoms with E-state index in [4.69, 9.17) is 4.42 Å². The van der Waals surface area contributed by atoms with Crippen LogP contribution in [-0.2, 0) is 36.1 Å². The van der Waals surface area contributed by atoms with Gasteiger partial charge in [0.15, 0.2) is 0 Å². The number of pyridine rings is 1. The molecule has 0 aromatic carbocycles. The molecule has 2 aromatic heterocycles. The molecule has 0 spiro atoms. The van der Waals surface area contributed by atoms with Gasteiger partial charge in [-0.3, -0.25) is 9.88 Å². The molecule has 0 atom stereocenters. The van der Waals surface area contributed by atoms with Crippen molar-refractivity contribution < 1.29 is 12.8 Å². The van der Waals surface area contributed by atoms with Crippen molar-refractivity contribution >= 4 is 10.0 Å². The maximum atomic E-state index is 11.3. The molecule has 6 nitrogen and oxygen atoms in total. The zero-order valence-electron chi connectivity index (χ0n) is 12.4. The quantitative estimate of drug-likeness (QED) is 0.898. The van der Waals surface area contributed by atoms with Crippen LogP contribution >= 0.6 is 0 Å². The Hall–Kier alpha value is -1.70. The summed E-state index contributed by atoms with van der Waals surface area (Å²) in [5, 5.41) is 0. The summed E-state index contributed by atoms with van der Waals surface area (Å²) in [6.07, 6.45) is 9.15. The number of sulfonamides is 1. The average Bonchev–Trinajstić information content (AvgIpc) is 2.97. The van der Waals surface area contributed by atoms with Crippen LogP contribution in [0, 0.1) is 0 Å². The number of nitrogens with one attached hydrogen (secondary N) is 1. The SMILES string of the molecule is CS(=O)(=O)NCc1cncc2c1CCN(Cc1ccoc1)C2. The minimum absolute atomic E-state index is 0.302. The van der Waals surface area contributed by atoms with Gasteiger partial charge in [0.1, 0.15) is 0 Å². The van der Waals surface area contributed by atoms with Gasteiger partial charge in [-0.15, -0.1) is 0 Å². The average molecular weight is 321 g/mol. The number of fused-ring (bicyclic) bond motifs is 1. The molecule has 3 rings (SSSR count). The van der Waals surface area contributed by atoms with Crippen molar-refractivity contribution in [3.63, 3.8) is 0 Å². The van der Waals surface area contributed by atoms with Crippen LogP contribution in [0.1, 0.15) is 22.3 Å². The second-order valence-corrected chi connectivity index (χ2v) is 7.45. The minimum atomic E-state index is -3.19. The third-order valence-corrected chi connectivity index (χ3v) is 4.49. The van der Waals surface area contributed by atoms with E-state index in [0.29, 0.717) is 6.54 Å². The fraction of sp³-hybridized carbons (Fsp3) is 0.400. The number of furan rings is 1. The van der Waals surface area contributed by atoms with E-state index in [2.05, 4.69) is 14.6 Å². The highest BCUT2D eigenvalue weighted by atomic mass is 32.2. The summed E-state index contributed by atoms with van der Waals surface area (Å²) < 4.78 is 30.2. The van der Waals surface area contributed by atoms with Gasteiger partial charge in [-0.05, 0) is 29.2 Å². The van der Waals surface area contributed by atoms with Gasteiger partial charge in [-0.25, -0.2) is 13.1 Å². The number of hydrogen-bond acceptors (Lipinski definition) is 5. The lowest BCUT2D eigenvalue weighted by atomic mass is 9.97. The molecule has 1 N–H and O–H groups in total. The zero-order valence-corrected chi connectivity index (χ0v) is 13.3. The first-order chi connectivity index (χ1) is 10.5. The summed E-state index contributed by atoms with van der Waals surface area (Å²) in [6.45, 7) is 2.91. The molecule has 118 valence electrons. The Labute approximate surface area is 130 Å². The zero-order chi connectivity index (χ0) is 15.6. The Bertz CT molecular complexity index is 741. The van der Waals surface area contributed by atoms with Crippen molar-refractivity contribution in [2.45, 2.75) is 26.1 Å². The highest BCUT2D eigenvalue weighted by Gasteiger charge is 2.19. The Morgan fingerprint density at radius 1 is 1.41 bits per heavy atom. The number of aromatic nitrogens is 1. The summed E-state index contributed by atoms with van der Waals surface area (Å²) in [4.78, 5) is 6.59. The van der Waals surface area contributed by atoms with E-state index >= 15 is 0 Å². The molecule has 22 heavy (non-hydrogen) atoms. The van der Waals surface area contributed by atoms with Crippen LogP contribution in [0.4, 0.5) is 0 Å². The Kier molecular flexibility index (Phi) is 4.28. The lowest BCUT2D eigenvalue weighted by molar-refractivity contribution is 0.244. The molecule has 1 aliphatic heterocycles. The highest BCUT2D eigenvalue weighted by Crippen LogP contribution is 2.23. The third kappa shape index (κ3) is 3.73. The standard InChI is InChI=1S/C15H19N3O3S/c1-22(19,20)17-8-13-6-16-7-14-10-18(4-2-15(13)14)9-12-3-5-21-11-12/h3,5-7,11,17H,2,4,8-10H2,1H3. The fourth-order valence-corrected chi connectivity index (χ4v) is 3.18. The van der Waals surface area contributed by atoms with Gasteiger partial charge in [-0.2, -0.15) is 0 Å². The molecule has 3 heterocycles. The van der Waals surface area contributed by atoms with E-state index in [1.165, 1.54) is 17.4 Å². The van der Waals surface area contributed by atoms with Crippen molar-refractivity contribution in [1.82, 2.24) is 14.6 Å². The predicted molar refractivity (Wildman–Crippen MR) is 82.4 cm³/mol. The Morgan fingerprint density at radius 3 is 3.00 bits per heavy atom. The van der Waals surface area contributed by atoms with Gasteiger partial charge in [0.25, 0.3) is 0 Å². The van der Waals surface area contributed by atoms with E-state index in [1.807, 2.05) is 12.3 Å². The minimum Gasteiger partial charge on any atom is -0.472 e. The van der Waals surface area contributed by atoms with Crippen LogP contribution < -0.4 is 4.72 Å². The fourth-order valence-electron chi connectivity index (χ4n) is 2.76. The van der Waals surface area contributed by atoms with E-state index in [1.54, 1.807) is 18.7 Å². The third-order valence-electron chi connectivity index (χ3n) is 3.82. The second-order valence-electron chi connectivity index (χ2n) is 5.62. The van der Waals surface area contributed by atoms with Crippen LogP contribution in [0.3, 0.4) is 0 Å². The molecular weight excluding hydrogens is 302 g/mol. The maximum Gasteiger partial charge on any atom is 0.209 e. The summed E-state index contributed by atoms with van der Waals surface area (Å²) in [5.74, 6) is 0. The van der Waals surface area contributed by atoms with Crippen molar-refractivity contribution in [2.75, 3.05) is 12.8 Å². The van der Waals surface area contributed by atoms with Crippen LogP contribution in [0.25, 0.3) is 0 Å². The van der Waals surface area contributed by atoms with Crippen LogP contribution in [-0.4, -0.2) is 31.1 Å². The molecule has 0 saturated carbocycles. The maximum absolute atomic E-state index is 11.3. The molecule has 0 bridgehead atoms. The molecule has 7 heteroatoms. The molecule has 0 amide bonds. The summed E-state index contributed by atoms with van der Waals surface area (Å²) in [7, 11) is -3.19. The topological polar surface area (TPSA) is 75.4 Å². The highest BCUT2D eigenvalue weighted by molar-refractivity contribution is 7.88. The van der Waals surface area contributed by atoms with E-state index in [-0.39, 0.29) is 0 Å². The lowest BCUT2D eigenvalue weighted by Gasteiger charge is -2.29. The van der Waals surface area contributed by atoms with Gasteiger partial charge in [-0.1, -0.05) is 0 Å². The lowest BCUT2D eigenvalue weighted by Crippen LogP contribution is -2.31. The van der Waals surface area contributed by atoms with Crippen molar-refractivity contribution in [3.8, 4) is 0 Å². The van der Waals surface area contributed by atoms with Gasteiger partial charge < -0.3 is 4.42 Å². The molecule has 0 unspecified atom stereocenters. The molecule has 0 radical (unpaired) electrons. The van der Waals surface area contributed by atoms with Gasteiger partial charge in [0.05, 0.1) is 18.8 Å². The van der Waals surface area contributed by atoms with Crippen LogP contribution in [0.5, 0.6) is 0 Å². The van der Waals surface area contributed by atoms with Crippen molar-refractivity contribution in [3.05, 3.63) is 53.2 Å². The van der Waals surface area contributed by atoms with Crippen LogP contribution in [0.2, 0.25) is 0 Å². The number of rotatable bonds is 5. The van der Waals surface area contributed by atoms with Crippen molar-refractivity contribution in [1.29, 1.82) is 0 Å². The normalized spacial score (nSPS) is 15.7. The largest absolute Gasteiger partial charge is 0.472 e. The predicted octanol–water partition coefficient (Wildman–Crippen LogP) is 1.28. The first-order valence-electron chi connectivity index (χ1n) is 7.14. The van der Waals surface area contributed by atoms with Gasteiger partial charge >= 0.3 is 0 Å². The number of nitrogens with zero attached hydrogens (tertiary/aromatic N) is 2. The molecule has 1 aliphatic rings. The van der Waals surface area contributed by atoms with Gasteiger partial charge in [0, 0.05) is 44.1 Å². The molecule has 0 aliphatic carbocycles. The first-order valence-corrected chi connectivity index (χ1v) is 9.03. The molecular formula is C15H19N3O3S. The smallest absolute Gasteiger partial charge is 0.209 e. The molecule has 2 aromatic rings. The van der Waals surface area contributed by atoms with Gasteiger partial charge in [0.2, 0.25) is 10.0 Å². The van der Waals surface area contributed by atoms with E-state index < -0.39 is 10.0 Å². The first kappa shape index (κ1) is 15.2. The molecule has 0 fully saturated rings. The second kappa shape index (κ2) is 6.20. The Morgan fingerprint density at radius 2 is 2.27 bits per heavy atom. The molecule has 0 saturated heterocycles. The number of hydrogen-bond donors (Lipinski definition) is 1. The summed E-state index contributed by atoms with van der Waals surface area (Å²) >= 11 is 0. The van der Waals surface area contributed by atoms with E-state index in [0.717, 1.165) is 37.2 Å². The van der Waals surface area contributed by atoms with Crippen LogP contribution in [0.15, 0.2) is 35.4 Å². The van der Waals surface area contributed by atoms with E-state index in [9.17, 15) is 8.42 Å². The monoisotopic (exact) mass is 321 g/mol. The Balaban J connectivity index is 1.72. The van der Waals surface area contributed by atoms with Crippen molar-refractivity contribution in [2.24, 2.45) is 0 Å².